The Hall–Kier alpha value is -2.10. The highest BCUT2D eigenvalue weighted by Gasteiger charge is 2.08. The number of hydrogen-bond acceptors (Lipinski definition) is 1. The Balaban J connectivity index is 1.92. The number of nitrogens with zero attached hydrogens (tertiary/aromatic N) is 1. The fourth-order valence-electron chi connectivity index (χ4n) is 2.16. The van der Waals surface area contributed by atoms with Gasteiger partial charge in [0.2, 0.25) is 5.91 Å². The highest BCUT2D eigenvalue weighted by molar-refractivity contribution is 5.78. The molecule has 0 aliphatic heterocycles. The van der Waals surface area contributed by atoms with Gasteiger partial charge < -0.3 is 9.88 Å². The standard InChI is InChI=1S/C16H19FN2O/c1-11-8-14(12(2)19(11)3)10-18-16(20)9-13-4-6-15(17)7-5-13/h4-8H,9-10H2,1-3H3,(H,18,20). The van der Waals surface area contributed by atoms with Crippen LogP contribution in [0.15, 0.2) is 30.3 Å². The summed E-state index contributed by atoms with van der Waals surface area (Å²) >= 11 is 0. The Morgan fingerprint density at radius 3 is 2.45 bits per heavy atom. The summed E-state index contributed by atoms with van der Waals surface area (Å²) < 4.78 is 14.9. The van der Waals surface area contributed by atoms with Gasteiger partial charge in [-0.3, -0.25) is 4.79 Å². The van der Waals surface area contributed by atoms with E-state index >= 15 is 0 Å². The third kappa shape index (κ3) is 3.26. The van der Waals surface area contributed by atoms with Crippen LogP contribution in [-0.2, 0) is 24.8 Å². The first-order chi connectivity index (χ1) is 9.47. The summed E-state index contributed by atoms with van der Waals surface area (Å²) in [6.45, 7) is 4.60. The van der Waals surface area contributed by atoms with Gasteiger partial charge >= 0.3 is 0 Å². The van der Waals surface area contributed by atoms with E-state index in [1.165, 1.54) is 17.8 Å². The van der Waals surface area contributed by atoms with E-state index in [1.807, 2.05) is 20.9 Å². The lowest BCUT2D eigenvalue weighted by molar-refractivity contribution is -0.120. The first-order valence-corrected chi connectivity index (χ1v) is 6.60. The molecule has 2 rings (SSSR count). The van der Waals surface area contributed by atoms with Crippen LogP contribution in [0.1, 0.15) is 22.5 Å². The van der Waals surface area contributed by atoms with Gasteiger partial charge in [-0.25, -0.2) is 4.39 Å². The Morgan fingerprint density at radius 1 is 1.25 bits per heavy atom. The second-order valence-corrected chi connectivity index (χ2v) is 5.04. The molecule has 1 heterocycles. The number of amides is 1. The average Bonchev–Trinajstić information content (AvgIpc) is 2.66. The van der Waals surface area contributed by atoms with E-state index in [0.717, 1.165) is 16.8 Å². The van der Waals surface area contributed by atoms with Gasteiger partial charge in [-0.2, -0.15) is 0 Å². The predicted octanol–water partition coefficient (Wildman–Crippen LogP) is 2.64. The van der Waals surface area contributed by atoms with Crippen LogP contribution in [0.5, 0.6) is 0 Å². The van der Waals surface area contributed by atoms with Crippen LogP contribution in [0.4, 0.5) is 4.39 Å². The van der Waals surface area contributed by atoms with Crippen LogP contribution in [0.2, 0.25) is 0 Å². The maximum Gasteiger partial charge on any atom is 0.224 e. The zero-order valence-corrected chi connectivity index (χ0v) is 12.0. The molecule has 0 aliphatic carbocycles. The predicted molar refractivity (Wildman–Crippen MR) is 76.8 cm³/mol. The molecule has 0 bridgehead atoms. The Bertz CT molecular complexity index is 614. The lowest BCUT2D eigenvalue weighted by Gasteiger charge is -2.06. The molecule has 0 aliphatic rings. The largest absolute Gasteiger partial charge is 0.352 e. The van der Waals surface area contributed by atoms with E-state index in [1.54, 1.807) is 12.1 Å². The number of nitrogens with one attached hydrogen (secondary N) is 1. The number of hydrogen-bond donors (Lipinski definition) is 1. The topological polar surface area (TPSA) is 34.0 Å². The van der Waals surface area contributed by atoms with Gasteiger partial charge in [0.25, 0.3) is 0 Å². The number of carbonyl (C=O) groups excluding carboxylic acids is 1. The summed E-state index contributed by atoms with van der Waals surface area (Å²) in [6, 6.07) is 8.08. The van der Waals surface area contributed by atoms with E-state index in [2.05, 4.69) is 16.0 Å². The van der Waals surface area contributed by atoms with E-state index in [-0.39, 0.29) is 18.1 Å². The molecule has 4 heteroatoms. The quantitative estimate of drug-likeness (QED) is 0.913. The molecule has 1 aromatic carbocycles. The molecule has 1 aromatic heterocycles. The number of rotatable bonds is 4. The number of carbonyl (C=O) groups is 1. The van der Waals surface area contributed by atoms with Crippen LogP contribution in [0.25, 0.3) is 0 Å². The molecule has 0 atom stereocenters. The average molecular weight is 274 g/mol. The molecule has 0 fully saturated rings. The molecule has 106 valence electrons. The molecule has 0 unspecified atom stereocenters. The molecule has 0 saturated heterocycles. The van der Waals surface area contributed by atoms with Gasteiger partial charge in [-0.1, -0.05) is 12.1 Å². The van der Waals surface area contributed by atoms with Crippen molar-refractivity contribution in [3.05, 3.63) is 58.7 Å². The van der Waals surface area contributed by atoms with Crippen LogP contribution in [0, 0.1) is 19.7 Å². The smallest absolute Gasteiger partial charge is 0.224 e. The minimum atomic E-state index is -0.287. The van der Waals surface area contributed by atoms with Gasteiger partial charge in [-0.05, 0) is 43.2 Å². The Labute approximate surface area is 118 Å². The van der Waals surface area contributed by atoms with Gasteiger partial charge in [0.15, 0.2) is 0 Å². The molecule has 0 radical (unpaired) electrons. The van der Waals surface area contributed by atoms with Crippen molar-refractivity contribution in [2.45, 2.75) is 26.8 Å². The fourth-order valence-corrected chi connectivity index (χ4v) is 2.16. The second kappa shape index (κ2) is 5.90. The molecule has 20 heavy (non-hydrogen) atoms. The van der Waals surface area contributed by atoms with Crippen molar-refractivity contribution in [1.82, 2.24) is 9.88 Å². The summed E-state index contributed by atoms with van der Waals surface area (Å²) in [5.41, 5.74) is 4.26. The van der Waals surface area contributed by atoms with Gasteiger partial charge in [-0.15, -0.1) is 0 Å². The zero-order valence-electron chi connectivity index (χ0n) is 12.0. The van der Waals surface area contributed by atoms with Crippen molar-refractivity contribution in [3.8, 4) is 0 Å². The summed E-state index contributed by atoms with van der Waals surface area (Å²) in [7, 11) is 2.01. The van der Waals surface area contributed by atoms with Crippen molar-refractivity contribution in [3.63, 3.8) is 0 Å². The summed E-state index contributed by atoms with van der Waals surface area (Å²) in [5.74, 6) is -0.345. The lowest BCUT2D eigenvalue weighted by atomic mass is 10.1. The molecule has 1 amide bonds. The zero-order chi connectivity index (χ0) is 14.7. The number of aromatic nitrogens is 1. The van der Waals surface area contributed by atoms with Crippen molar-refractivity contribution >= 4 is 5.91 Å². The molecular weight excluding hydrogens is 255 g/mol. The summed E-state index contributed by atoms with van der Waals surface area (Å²) in [6.07, 6.45) is 0.269. The summed E-state index contributed by atoms with van der Waals surface area (Å²) in [5, 5.41) is 2.90. The number of benzene rings is 1. The monoisotopic (exact) mass is 274 g/mol. The van der Waals surface area contributed by atoms with Crippen molar-refractivity contribution in [2.24, 2.45) is 7.05 Å². The maximum atomic E-state index is 12.8. The van der Waals surface area contributed by atoms with Crippen LogP contribution < -0.4 is 5.32 Å². The number of aryl methyl sites for hydroxylation is 1. The van der Waals surface area contributed by atoms with Gasteiger partial charge in [0, 0.05) is 25.0 Å². The summed E-state index contributed by atoms with van der Waals surface area (Å²) in [4.78, 5) is 11.9. The molecule has 1 N–H and O–H groups in total. The third-order valence-corrected chi connectivity index (χ3v) is 3.63. The minimum Gasteiger partial charge on any atom is -0.352 e. The van der Waals surface area contributed by atoms with E-state index in [0.29, 0.717) is 6.54 Å². The molecular formula is C16H19FN2O. The van der Waals surface area contributed by atoms with E-state index < -0.39 is 0 Å². The van der Waals surface area contributed by atoms with E-state index in [4.69, 9.17) is 0 Å². The van der Waals surface area contributed by atoms with Crippen molar-refractivity contribution in [2.75, 3.05) is 0 Å². The second-order valence-electron chi connectivity index (χ2n) is 5.04. The van der Waals surface area contributed by atoms with Crippen LogP contribution >= 0.6 is 0 Å². The lowest BCUT2D eigenvalue weighted by Crippen LogP contribution is -2.24. The number of halogens is 1. The van der Waals surface area contributed by atoms with Crippen LogP contribution in [-0.4, -0.2) is 10.5 Å². The molecule has 2 aromatic rings. The Kier molecular flexibility index (Phi) is 4.23. The van der Waals surface area contributed by atoms with E-state index in [9.17, 15) is 9.18 Å². The minimum absolute atomic E-state index is 0.0579. The van der Waals surface area contributed by atoms with Gasteiger partial charge in [0.05, 0.1) is 6.42 Å². The van der Waals surface area contributed by atoms with Crippen molar-refractivity contribution in [1.29, 1.82) is 0 Å². The normalized spacial score (nSPS) is 10.6. The molecule has 0 spiro atoms. The SMILES string of the molecule is Cc1cc(CNC(=O)Cc2ccc(F)cc2)c(C)n1C. The fraction of sp³-hybridized carbons (Fsp3) is 0.312. The molecule has 3 nitrogen and oxygen atoms in total. The highest BCUT2D eigenvalue weighted by atomic mass is 19.1. The van der Waals surface area contributed by atoms with Crippen molar-refractivity contribution < 1.29 is 9.18 Å². The Morgan fingerprint density at radius 2 is 1.90 bits per heavy atom. The van der Waals surface area contributed by atoms with Gasteiger partial charge in [0.1, 0.15) is 5.82 Å². The molecule has 0 saturated carbocycles. The third-order valence-electron chi connectivity index (χ3n) is 3.63. The van der Waals surface area contributed by atoms with Crippen LogP contribution in [0.3, 0.4) is 0 Å². The first-order valence-electron chi connectivity index (χ1n) is 6.60. The maximum absolute atomic E-state index is 12.8. The highest BCUT2D eigenvalue weighted by Crippen LogP contribution is 2.12. The first kappa shape index (κ1) is 14.3.